The number of aromatic hydroxyl groups is 1. The van der Waals surface area contributed by atoms with E-state index in [1.165, 1.54) is 21.9 Å². The molecule has 3 heterocycles. The predicted octanol–water partition coefficient (Wildman–Crippen LogP) is 2.92. The van der Waals surface area contributed by atoms with Gasteiger partial charge in [0.2, 0.25) is 10.8 Å². The zero-order valence-corrected chi connectivity index (χ0v) is 16.4. The van der Waals surface area contributed by atoms with Gasteiger partial charge in [-0.1, -0.05) is 43.4 Å². The van der Waals surface area contributed by atoms with E-state index in [2.05, 4.69) is 26.8 Å². The molecule has 1 aliphatic heterocycles. The molecule has 1 atom stereocenters. The summed E-state index contributed by atoms with van der Waals surface area (Å²) in [5.41, 5.74) is 0.581. The molecule has 0 amide bonds. The number of hydrogen-bond acceptors (Lipinski definition) is 6. The molecule has 3 aromatic rings. The first-order valence-electron chi connectivity index (χ1n) is 9.40. The molecule has 4 rings (SSSR count). The van der Waals surface area contributed by atoms with Crippen molar-refractivity contribution in [2.24, 2.45) is 0 Å². The third-order valence-electron chi connectivity index (χ3n) is 5.23. The Morgan fingerprint density at radius 1 is 1.19 bits per heavy atom. The van der Waals surface area contributed by atoms with E-state index in [0.717, 1.165) is 32.7 Å². The highest BCUT2D eigenvalue weighted by Gasteiger charge is 2.32. The molecule has 0 saturated carbocycles. The molecule has 0 radical (unpaired) electrons. The molecule has 0 bridgehead atoms. The Hall–Kier alpha value is -2.03. The number of aryl methyl sites for hydroxylation is 1. The second-order valence-electron chi connectivity index (χ2n) is 6.76. The van der Waals surface area contributed by atoms with Crippen LogP contribution in [-0.4, -0.2) is 62.2 Å². The summed E-state index contributed by atoms with van der Waals surface area (Å²) >= 11 is 1.39. The minimum absolute atomic E-state index is 0.0633. The van der Waals surface area contributed by atoms with Crippen molar-refractivity contribution in [1.29, 1.82) is 0 Å². The van der Waals surface area contributed by atoms with Crippen LogP contribution in [0.5, 0.6) is 5.88 Å². The predicted molar refractivity (Wildman–Crippen MR) is 104 cm³/mol. The lowest BCUT2D eigenvalue weighted by molar-refractivity contribution is 0.112. The number of likely N-dealkylation sites (N-methyl/N-ethyl adjacent to an activating group) is 1. The molecule has 27 heavy (non-hydrogen) atoms. The van der Waals surface area contributed by atoms with Gasteiger partial charge in [-0.25, -0.2) is 9.37 Å². The number of hydrogen-bond donors (Lipinski definition) is 1. The second kappa shape index (κ2) is 7.53. The van der Waals surface area contributed by atoms with Crippen LogP contribution in [0, 0.1) is 5.82 Å². The molecule has 1 saturated heterocycles. The van der Waals surface area contributed by atoms with Crippen LogP contribution in [0.25, 0.3) is 4.96 Å². The maximum atomic E-state index is 14.7. The maximum Gasteiger partial charge on any atom is 0.230 e. The van der Waals surface area contributed by atoms with Crippen LogP contribution >= 0.6 is 11.3 Å². The zero-order chi connectivity index (χ0) is 19.0. The number of benzene rings is 1. The lowest BCUT2D eigenvalue weighted by Gasteiger charge is -2.38. The Balaban J connectivity index is 1.77. The van der Waals surface area contributed by atoms with E-state index in [0.29, 0.717) is 27.6 Å². The quantitative estimate of drug-likeness (QED) is 0.727. The summed E-state index contributed by atoms with van der Waals surface area (Å²) in [6.07, 6.45) is 0.707. The zero-order valence-electron chi connectivity index (χ0n) is 15.6. The highest BCUT2D eigenvalue weighted by Crippen LogP contribution is 2.40. The van der Waals surface area contributed by atoms with Gasteiger partial charge >= 0.3 is 0 Å². The second-order valence-corrected chi connectivity index (χ2v) is 7.77. The lowest BCUT2D eigenvalue weighted by atomic mass is 10.0. The molecule has 1 unspecified atom stereocenters. The molecule has 144 valence electrons. The topological polar surface area (TPSA) is 56.9 Å². The molecular weight excluding hydrogens is 365 g/mol. The summed E-state index contributed by atoms with van der Waals surface area (Å²) in [5, 5.41) is 15.2. The summed E-state index contributed by atoms with van der Waals surface area (Å²) in [4.78, 5) is 10.4. The summed E-state index contributed by atoms with van der Waals surface area (Å²) < 4.78 is 16.2. The Bertz CT molecular complexity index is 931. The van der Waals surface area contributed by atoms with Crippen LogP contribution < -0.4 is 0 Å². The first kappa shape index (κ1) is 18.3. The summed E-state index contributed by atoms with van der Waals surface area (Å²) in [5.74, 6) is 0.503. The molecule has 2 aromatic heterocycles. The van der Waals surface area contributed by atoms with E-state index < -0.39 is 0 Å². The van der Waals surface area contributed by atoms with Crippen molar-refractivity contribution in [3.8, 4) is 5.88 Å². The number of aromatic nitrogens is 3. The average Bonchev–Trinajstić information content (AvgIpc) is 3.23. The van der Waals surface area contributed by atoms with E-state index in [1.807, 2.05) is 13.0 Å². The molecule has 0 aliphatic carbocycles. The number of thiazole rings is 1. The van der Waals surface area contributed by atoms with Crippen molar-refractivity contribution in [3.63, 3.8) is 0 Å². The number of piperazine rings is 1. The monoisotopic (exact) mass is 389 g/mol. The molecule has 1 fully saturated rings. The highest BCUT2D eigenvalue weighted by molar-refractivity contribution is 7.17. The number of nitrogens with zero attached hydrogens (tertiary/aromatic N) is 5. The summed E-state index contributed by atoms with van der Waals surface area (Å²) in [7, 11) is 0. The van der Waals surface area contributed by atoms with E-state index in [4.69, 9.17) is 0 Å². The Labute approximate surface area is 161 Å². The van der Waals surface area contributed by atoms with Gasteiger partial charge in [0.05, 0.1) is 10.9 Å². The molecule has 1 aromatic carbocycles. The maximum absolute atomic E-state index is 14.7. The third kappa shape index (κ3) is 3.33. The highest BCUT2D eigenvalue weighted by atomic mass is 32.1. The van der Waals surface area contributed by atoms with Gasteiger partial charge in [-0.3, -0.25) is 4.90 Å². The fourth-order valence-corrected chi connectivity index (χ4v) is 4.78. The van der Waals surface area contributed by atoms with Crippen LogP contribution in [0.2, 0.25) is 0 Å². The van der Waals surface area contributed by atoms with E-state index >= 15 is 0 Å². The average molecular weight is 390 g/mol. The van der Waals surface area contributed by atoms with E-state index in [1.54, 1.807) is 12.1 Å². The van der Waals surface area contributed by atoms with Crippen molar-refractivity contribution in [3.05, 3.63) is 46.3 Å². The number of rotatable bonds is 5. The van der Waals surface area contributed by atoms with Crippen LogP contribution in [0.15, 0.2) is 24.3 Å². The van der Waals surface area contributed by atoms with Gasteiger partial charge in [0.15, 0.2) is 5.82 Å². The third-order valence-corrected chi connectivity index (χ3v) is 6.30. The van der Waals surface area contributed by atoms with E-state index in [9.17, 15) is 9.50 Å². The van der Waals surface area contributed by atoms with Gasteiger partial charge in [-0.05, 0) is 12.6 Å². The number of fused-ring (bicyclic) bond motifs is 1. The normalized spacial score (nSPS) is 17.6. The van der Waals surface area contributed by atoms with Crippen molar-refractivity contribution in [1.82, 2.24) is 24.4 Å². The molecule has 1 N–H and O–H groups in total. The van der Waals surface area contributed by atoms with Gasteiger partial charge in [0, 0.05) is 38.2 Å². The lowest BCUT2D eigenvalue weighted by Crippen LogP contribution is -2.47. The van der Waals surface area contributed by atoms with Gasteiger partial charge < -0.3 is 10.0 Å². The Morgan fingerprint density at radius 2 is 1.93 bits per heavy atom. The van der Waals surface area contributed by atoms with Crippen LogP contribution in [0.3, 0.4) is 0 Å². The van der Waals surface area contributed by atoms with Crippen molar-refractivity contribution < 1.29 is 9.50 Å². The van der Waals surface area contributed by atoms with Gasteiger partial charge in [-0.15, -0.1) is 5.10 Å². The summed E-state index contributed by atoms with van der Waals surface area (Å²) in [6, 6.07) is 6.48. The van der Waals surface area contributed by atoms with Crippen molar-refractivity contribution >= 4 is 16.3 Å². The first-order valence-corrected chi connectivity index (χ1v) is 10.2. The minimum Gasteiger partial charge on any atom is -0.492 e. The standard InChI is InChI=1S/C19H24FN5OS/c1-3-15-21-19-25(22-15)18(26)17(27-19)16(13-7-5-6-8-14(13)20)24-11-9-23(4-2)10-12-24/h5-8,16,26H,3-4,9-12H2,1-2H3. The van der Waals surface area contributed by atoms with Crippen LogP contribution in [0.4, 0.5) is 4.39 Å². The number of halogens is 1. The van der Waals surface area contributed by atoms with E-state index in [-0.39, 0.29) is 17.7 Å². The fourth-order valence-electron chi connectivity index (χ4n) is 3.66. The molecule has 0 spiro atoms. The first-order chi connectivity index (χ1) is 13.1. The smallest absolute Gasteiger partial charge is 0.230 e. The SMILES string of the molecule is CCc1nc2sc(C(c3ccccc3F)N3CCN(CC)CC3)c(O)n2n1. The van der Waals surface area contributed by atoms with Crippen molar-refractivity contribution in [2.45, 2.75) is 26.3 Å². The molecule has 6 nitrogen and oxygen atoms in total. The van der Waals surface area contributed by atoms with Gasteiger partial charge in [0.25, 0.3) is 0 Å². The Morgan fingerprint density at radius 3 is 2.56 bits per heavy atom. The molecule has 8 heteroatoms. The van der Waals surface area contributed by atoms with Crippen LogP contribution in [0.1, 0.15) is 36.2 Å². The summed E-state index contributed by atoms with van der Waals surface area (Å²) in [6.45, 7) is 8.65. The van der Waals surface area contributed by atoms with Gasteiger partial charge in [0.1, 0.15) is 5.82 Å². The largest absolute Gasteiger partial charge is 0.492 e. The molecule has 1 aliphatic rings. The van der Waals surface area contributed by atoms with Gasteiger partial charge in [-0.2, -0.15) is 4.52 Å². The fraction of sp³-hybridized carbons (Fsp3) is 0.474. The van der Waals surface area contributed by atoms with Crippen molar-refractivity contribution in [2.75, 3.05) is 32.7 Å². The molecular formula is C19H24FN5OS. The van der Waals surface area contributed by atoms with Crippen LogP contribution in [-0.2, 0) is 6.42 Å². The minimum atomic E-state index is -0.344. The Kier molecular flexibility index (Phi) is 5.12.